The van der Waals surface area contributed by atoms with Gasteiger partial charge in [-0.2, -0.15) is 4.98 Å². The fourth-order valence-electron chi connectivity index (χ4n) is 2.85. The molecule has 0 atom stereocenters. The van der Waals surface area contributed by atoms with Gasteiger partial charge in [-0.25, -0.2) is 4.98 Å². The first-order valence-corrected chi connectivity index (χ1v) is 8.73. The van der Waals surface area contributed by atoms with E-state index in [0.717, 1.165) is 28.6 Å². The first-order valence-electron chi connectivity index (χ1n) is 8.73. The van der Waals surface area contributed by atoms with Crippen LogP contribution in [0, 0.1) is 20.8 Å². The minimum absolute atomic E-state index is 0.561. The van der Waals surface area contributed by atoms with Crippen LogP contribution in [-0.2, 0) is 0 Å². The minimum Gasteiger partial charge on any atom is -0.492 e. The molecule has 0 spiro atoms. The molecule has 1 heterocycles. The highest BCUT2D eigenvalue weighted by atomic mass is 16.5. The maximum absolute atomic E-state index is 5.67. The molecule has 0 aliphatic carbocycles. The number of hydrogen-bond donors (Lipinski definition) is 2. The molecule has 3 rings (SSSR count). The summed E-state index contributed by atoms with van der Waals surface area (Å²) >= 11 is 0. The first-order chi connectivity index (χ1) is 12.5. The smallest absolute Gasteiger partial charge is 0.229 e. The highest BCUT2D eigenvalue weighted by Gasteiger charge is 2.07. The van der Waals surface area contributed by atoms with Crippen molar-refractivity contribution < 1.29 is 4.74 Å². The van der Waals surface area contributed by atoms with Crippen LogP contribution in [0.1, 0.15) is 23.7 Å². The number of aromatic nitrogens is 2. The predicted octanol–water partition coefficient (Wildman–Crippen LogP) is 5.29. The van der Waals surface area contributed by atoms with Gasteiger partial charge >= 0.3 is 0 Å². The standard InChI is InChI=1S/C21H24N4O/c1-5-26-19-9-7-6-8-18(19)24-20-13-16(4)22-21(25-20)23-17-11-14(2)10-15(3)12-17/h6-13H,5H2,1-4H3,(H2,22,23,24,25). The van der Waals surface area contributed by atoms with Crippen LogP contribution >= 0.6 is 0 Å². The molecule has 0 unspecified atom stereocenters. The van der Waals surface area contributed by atoms with E-state index in [4.69, 9.17) is 4.74 Å². The van der Waals surface area contributed by atoms with E-state index in [2.05, 4.69) is 52.6 Å². The summed E-state index contributed by atoms with van der Waals surface area (Å²) in [5.74, 6) is 2.08. The monoisotopic (exact) mass is 348 g/mol. The van der Waals surface area contributed by atoms with Crippen LogP contribution in [0.2, 0.25) is 0 Å². The molecule has 2 N–H and O–H groups in total. The number of anilines is 4. The van der Waals surface area contributed by atoms with Gasteiger partial charge in [0.1, 0.15) is 11.6 Å². The molecule has 3 aromatic rings. The highest BCUT2D eigenvalue weighted by Crippen LogP contribution is 2.27. The molecular formula is C21H24N4O. The first kappa shape index (κ1) is 17.7. The summed E-state index contributed by atoms with van der Waals surface area (Å²) < 4.78 is 5.67. The number of aryl methyl sites for hydroxylation is 3. The van der Waals surface area contributed by atoms with Crippen molar-refractivity contribution in [3.8, 4) is 5.75 Å². The molecule has 0 saturated heterocycles. The quantitative estimate of drug-likeness (QED) is 0.634. The number of ether oxygens (including phenoxy) is 1. The Hall–Kier alpha value is -3.08. The van der Waals surface area contributed by atoms with E-state index in [1.54, 1.807) is 0 Å². The second-order valence-electron chi connectivity index (χ2n) is 6.27. The fourth-order valence-corrected chi connectivity index (χ4v) is 2.85. The van der Waals surface area contributed by atoms with Gasteiger partial charge in [-0.05, 0) is 63.1 Å². The summed E-state index contributed by atoms with van der Waals surface area (Å²) in [6.45, 7) is 8.69. The van der Waals surface area contributed by atoms with Crippen LogP contribution in [0.15, 0.2) is 48.5 Å². The van der Waals surface area contributed by atoms with Gasteiger partial charge in [0.2, 0.25) is 5.95 Å². The van der Waals surface area contributed by atoms with Gasteiger partial charge in [-0.15, -0.1) is 0 Å². The van der Waals surface area contributed by atoms with Crippen molar-refractivity contribution in [2.24, 2.45) is 0 Å². The zero-order valence-corrected chi connectivity index (χ0v) is 15.6. The van der Waals surface area contributed by atoms with Crippen molar-refractivity contribution in [3.63, 3.8) is 0 Å². The molecule has 0 aliphatic heterocycles. The van der Waals surface area contributed by atoms with Crippen LogP contribution in [0.3, 0.4) is 0 Å². The second-order valence-corrected chi connectivity index (χ2v) is 6.27. The van der Waals surface area contributed by atoms with Crippen LogP contribution in [0.4, 0.5) is 23.1 Å². The van der Waals surface area contributed by atoms with Crippen LogP contribution in [-0.4, -0.2) is 16.6 Å². The Morgan fingerprint density at radius 1 is 0.885 bits per heavy atom. The highest BCUT2D eigenvalue weighted by molar-refractivity contribution is 5.65. The number of benzene rings is 2. The molecule has 5 heteroatoms. The molecule has 26 heavy (non-hydrogen) atoms. The third-order valence-corrected chi connectivity index (χ3v) is 3.78. The van der Waals surface area contributed by atoms with E-state index >= 15 is 0 Å². The number of nitrogens with zero attached hydrogens (tertiary/aromatic N) is 2. The Morgan fingerprint density at radius 2 is 1.62 bits per heavy atom. The zero-order valence-electron chi connectivity index (χ0n) is 15.6. The summed E-state index contributed by atoms with van der Waals surface area (Å²) in [6.07, 6.45) is 0. The van der Waals surface area contributed by atoms with Crippen molar-refractivity contribution in [3.05, 3.63) is 65.4 Å². The zero-order chi connectivity index (χ0) is 18.5. The Balaban J connectivity index is 1.86. The Morgan fingerprint density at radius 3 is 2.35 bits per heavy atom. The molecule has 0 radical (unpaired) electrons. The van der Waals surface area contributed by atoms with E-state index in [1.807, 2.05) is 44.2 Å². The molecule has 134 valence electrons. The Bertz CT molecular complexity index is 888. The summed E-state index contributed by atoms with van der Waals surface area (Å²) in [5.41, 5.74) is 5.13. The van der Waals surface area contributed by atoms with E-state index in [-0.39, 0.29) is 0 Å². The van der Waals surface area contributed by atoms with Crippen LogP contribution in [0.5, 0.6) is 5.75 Å². The third-order valence-electron chi connectivity index (χ3n) is 3.78. The predicted molar refractivity (Wildman–Crippen MR) is 107 cm³/mol. The lowest BCUT2D eigenvalue weighted by atomic mass is 10.1. The lowest BCUT2D eigenvalue weighted by molar-refractivity contribution is 0.342. The van der Waals surface area contributed by atoms with Crippen molar-refractivity contribution in [2.75, 3.05) is 17.2 Å². The average molecular weight is 348 g/mol. The third kappa shape index (κ3) is 4.51. The average Bonchev–Trinajstić information content (AvgIpc) is 2.55. The van der Waals surface area contributed by atoms with Crippen LogP contribution < -0.4 is 15.4 Å². The second kappa shape index (κ2) is 7.87. The van der Waals surface area contributed by atoms with Crippen molar-refractivity contribution >= 4 is 23.1 Å². The van der Waals surface area contributed by atoms with Gasteiger partial charge in [0.05, 0.1) is 12.3 Å². The molecule has 0 aliphatic rings. The number of hydrogen-bond acceptors (Lipinski definition) is 5. The Labute approximate surface area is 154 Å². The van der Waals surface area contributed by atoms with Gasteiger partial charge in [0, 0.05) is 17.4 Å². The SMILES string of the molecule is CCOc1ccccc1Nc1cc(C)nc(Nc2cc(C)cc(C)c2)n1. The van der Waals surface area contributed by atoms with E-state index in [9.17, 15) is 0 Å². The summed E-state index contributed by atoms with van der Waals surface area (Å²) in [6, 6.07) is 16.0. The number of rotatable bonds is 6. The minimum atomic E-state index is 0.561. The summed E-state index contributed by atoms with van der Waals surface area (Å²) in [4.78, 5) is 9.09. The lowest BCUT2D eigenvalue weighted by Crippen LogP contribution is -2.04. The number of para-hydroxylation sites is 2. The maximum Gasteiger partial charge on any atom is 0.229 e. The van der Waals surface area contributed by atoms with Crippen LogP contribution in [0.25, 0.3) is 0 Å². The molecule has 0 bridgehead atoms. The molecule has 2 aromatic carbocycles. The normalized spacial score (nSPS) is 10.5. The van der Waals surface area contributed by atoms with Gasteiger partial charge < -0.3 is 15.4 Å². The number of nitrogens with one attached hydrogen (secondary N) is 2. The molecule has 0 saturated carbocycles. The van der Waals surface area contributed by atoms with Crippen molar-refractivity contribution in [1.82, 2.24) is 9.97 Å². The van der Waals surface area contributed by atoms with Gasteiger partial charge in [0.15, 0.2) is 0 Å². The maximum atomic E-state index is 5.67. The largest absolute Gasteiger partial charge is 0.492 e. The van der Waals surface area contributed by atoms with E-state index in [1.165, 1.54) is 11.1 Å². The molecule has 0 amide bonds. The topological polar surface area (TPSA) is 59.1 Å². The van der Waals surface area contributed by atoms with E-state index < -0.39 is 0 Å². The van der Waals surface area contributed by atoms with Crippen molar-refractivity contribution in [2.45, 2.75) is 27.7 Å². The molecule has 1 aromatic heterocycles. The fraction of sp³-hybridized carbons (Fsp3) is 0.238. The molecular weight excluding hydrogens is 324 g/mol. The lowest BCUT2D eigenvalue weighted by Gasteiger charge is -2.13. The molecule has 0 fully saturated rings. The summed E-state index contributed by atoms with van der Waals surface area (Å²) in [5, 5.41) is 6.63. The van der Waals surface area contributed by atoms with E-state index in [0.29, 0.717) is 12.6 Å². The molecule has 5 nitrogen and oxygen atoms in total. The van der Waals surface area contributed by atoms with Crippen molar-refractivity contribution in [1.29, 1.82) is 0 Å². The Kier molecular flexibility index (Phi) is 5.37. The summed E-state index contributed by atoms with van der Waals surface area (Å²) in [7, 11) is 0. The van der Waals surface area contributed by atoms with Gasteiger partial charge in [-0.1, -0.05) is 18.2 Å². The van der Waals surface area contributed by atoms with Gasteiger partial charge in [0.25, 0.3) is 0 Å². The van der Waals surface area contributed by atoms with Gasteiger partial charge in [-0.3, -0.25) is 0 Å².